The zero-order valence-electron chi connectivity index (χ0n) is 11.8. The fraction of sp³-hybridized carbons (Fsp3) is 0.538. The maximum atomic E-state index is 13.4. The molecule has 1 aromatic rings. The minimum absolute atomic E-state index is 0.0964. The molecule has 2 rings (SSSR count). The van der Waals surface area contributed by atoms with Gasteiger partial charge in [0, 0.05) is 23.6 Å². The van der Waals surface area contributed by atoms with Crippen molar-refractivity contribution in [2.45, 2.75) is 30.4 Å². The van der Waals surface area contributed by atoms with Crippen LogP contribution in [-0.4, -0.2) is 36.3 Å². The second kappa shape index (κ2) is 5.20. The Morgan fingerprint density at radius 1 is 1.40 bits per heavy atom. The largest absolute Gasteiger partial charge is 0.396 e. The van der Waals surface area contributed by atoms with Gasteiger partial charge >= 0.3 is 0 Å². The smallest absolute Gasteiger partial charge is 0.243 e. The van der Waals surface area contributed by atoms with Crippen molar-refractivity contribution in [3.63, 3.8) is 0 Å². The summed E-state index contributed by atoms with van der Waals surface area (Å²) >= 11 is 1.75. The number of nitrogens with zero attached hydrogens (tertiary/aromatic N) is 1. The SMILES string of the molecule is Cc1cc(F)c(N)cc1S(=O)(=O)N1CCSC(C)(C)C1. The molecule has 0 radical (unpaired) electrons. The lowest BCUT2D eigenvalue weighted by Gasteiger charge is -2.36. The lowest BCUT2D eigenvalue weighted by molar-refractivity contribution is 0.387. The molecule has 1 aromatic carbocycles. The van der Waals surface area contributed by atoms with Crippen molar-refractivity contribution in [3.05, 3.63) is 23.5 Å². The second-order valence-electron chi connectivity index (χ2n) is 5.59. The maximum absolute atomic E-state index is 13.4. The third kappa shape index (κ3) is 2.94. The van der Waals surface area contributed by atoms with E-state index in [4.69, 9.17) is 5.73 Å². The van der Waals surface area contributed by atoms with Gasteiger partial charge in [-0.25, -0.2) is 12.8 Å². The zero-order valence-corrected chi connectivity index (χ0v) is 13.4. The van der Waals surface area contributed by atoms with Crippen LogP contribution < -0.4 is 5.73 Å². The molecule has 1 heterocycles. The van der Waals surface area contributed by atoms with Gasteiger partial charge in [-0.2, -0.15) is 16.1 Å². The summed E-state index contributed by atoms with van der Waals surface area (Å²) in [4.78, 5) is 0.0964. The van der Waals surface area contributed by atoms with Crippen molar-refractivity contribution in [1.29, 1.82) is 0 Å². The summed E-state index contributed by atoms with van der Waals surface area (Å²) in [6, 6.07) is 2.39. The maximum Gasteiger partial charge on any atom is 0.243 e. The van der Waals surface area contributed by atoms with Crippen molar-refractivity contribution < 1.29 is 12.8 Å². The van der Waals surface area contributed by atoms with Gasteiger partial charge in [-0.3, -0.25) is 0 Å². The summed E-state index contributed by atoms with van der Waals surface area (Å²) in [5.41, 5.74) is 5.75. The molecule has 112 valence electrons. The van der Waals surface area contributed by atoms with Crippen molar-refractivity contribution >= 4 is 27.5 Å². The molecule has 0 atom stereocenters. The average Bonchev–Trinajstić information content (AvgIpc) is 2.32. The lowest BCUT2D eigenvalue weighted by Crippen LogP contribution is -2.46. The number of halogens is 1. The Labute approximate surface area is 123 Å². The molecule has 0 saturated carbocycles. The standard InChI is InChI=1S/C13H19FN2O2S2/c1-9-6-10(14)11(15)7-12(9)20(17,18)16-4-5-19-13(2,3)8-16/h6-7H,4-5,8,15H2,1-3H3. The van der Waals surface area contributed by atoms with Crippen LogP contribution in [0, 0.1) is 12.7 Å². The summed E-state index contributed by atoms with van der Waals surface area (Å²) < 4.78 is 40.1. The van der Waals surface area contributed by atoms with E-state index in [0.29, 0.717) is 18.7 Å². The van der Waals surface area contributed by atoms with Crippen molar-refractivity contribution in [1.82, 2.24) is 4.31 Å². The molecule has 0 unspecified atom stereocenters. The zero-order chi connectivity index (χ0) is 15.1. The fourth-order valence-electron chi connectivity index (χ4n) is 2.26. The molecule has 1 saturated heterocycles. The molecule has 20 heavy (non-hydrogen) atoms. The molecule has 1 fully saturated rings. The Kier molecular flexibility index (Phi) is 4.05. The molecule has 4 nitrogen and oxygen atoms in total. The predicted octanol–water partition coefficient (Wildman–Crippen LogP) is 2.23. The van der Waals surface area contributed by atoms with Crippen LogP contribution in [-0.2, 0) is 10.0 Å². The number of nitrogens with two attached hydrogens (primary N) is 1. The van der Waals surface area contributed by atoms with E-state index in [0.717, 1.165) is 5.75 Å². The topological polar surface area (TPSA) is 63.4 Å². The fourth-order valence-corrected chi connectivity index (χ4v) is 5.42. The van der Waals surface area contributed by atoms with Crippen LogP contribution >= 0.6 is 11.8 Å². The first-order chi connectivity index (χ1) is 9.13. The summed E-state index contributed by atoms with van der Waals surface area (Å²) in [6.07, 6.45) is 0. The van der Waals surface area contributed by atoms with Crippen LogP contribution in [0.5, 0.6) is 0 Å². The predicted molar refractivity (Wildman–Crippen MR) is 80.8 cm³/mol. The van der Waals surface area contributed by atoms with Crippen LogP contribution in [0.4, 0.5) is 10.1 Å². The van der Waals surface area contributed by atoms with E-state index >= 15 is 0 Å². The number of hydrogen-bond donors (Lipinski definition) is 1. The van der Waals surface area contributed by atoms with Crippen LogP contribution in [0.3, 0.4) is 0 Å². The molecule has 0 aromatic heterocycles. The van der Waals surface area contributed by atoms with Crippen molar-refractivity contribution in [2.24, 2.45) is 0 Å². The Bertz CT molecular complexity index is 630. The summed E-state index contributed by atoms with van der Waals surface area (Å²) in [5, 5.41) is 0. The van der Waals surface area contributed by atoms with Gasteiger partial charge in [-0.1, -0.05) is 0 Å². The summed E-state index contributed by atoms with van der Waals surface area (Å²) in [6.45, 7) is 6.53. The molecule has 0 bridgehead atoms. The first-order valence-electron chi connectivity index (χ1n) is 6.33. The third-order valence-electron chi connectivity index (χ3n) is 3.30. The molecular formula is C13H19FN2O2S2. The summed E-state index contributed by atoms with van der Waals surface area (Å²) in [7, 11) is -3.63. The van der Waals surface area contributed by atoms with Crippen LogP contribution in [0.2, 0.25) is 0 Å². The minimum Gasteiger partial charge on any atom is -0.396 e. The number of thioether (sulfide) groups is 1. The average molecular weight is 318 g/mol. The second-order valence-corrected chi connectivity index (χ2v) is 9.29. The number of rotatable bonds is 2. The quantitative estimate of drug-likeness (QED) is 0.849. The highest BCUT2D eigenvalue weighted by molar-refractivity contribution is 8.00. The molecule has 1 aliphatic heterocycles. The van der Waals surface area contributed by atoms with E-state index in [-0.39, 0.29) is 15.3 Å². The highest BCUT2D eigenvalue weighted by Gasteiger charge is 2.35. The van der Waals surface area contributed by atoms with Crippen molar-refractivity contribution in [2.75, 3.05) is 24.6 Å². The number of aryl methyl sites for hydroxylation is 1. The number of nitrogen functional groups attached to an aromatic ring is 1. The number of hydrogen-bond acceptors (Lipinski definition) is 4. The van der Waals surface area contributed by atoms with E-state index in [2.05, 4.69) is 0 Å². The normalized spacial score (nSPS) is 20.0. The number of benzene rings is 1. The Balaban J connectivity index is 2.43. The number of anilines is 1. The highest BCUT2D eigenvalue weighted by Crippen LogP contribution is 2.33. The van der Waals surface area contributed by atoms with Crippen molar-refractivity contribution in [3.8, 4) is 0 Å². The van der Waals surface area contributed by atoms with Gasteiger partial charge in [-0.05, 0) is 38.5 Å². The molecule has 0 amide bonds. The number of sulfonamides is 1. The van der Waals surface area contributed by atoms with Crippen LogP contribution in [0.25, 0.3) is 0 Å². The van der Waals surface area contributed by atoms with E-state index < -0.39 is 15.8 Å². The summed E-state index contributed by atoms with van der Waals surface area (Å²) in [5.74, 6) is 0.165. The van der Waals surface area contributed by atoms with E-state index in [1.807, 2.05) is 13.8 Å². The van der Waals surface area contributed by atoms with Gasteiger partial charge < -0.3 is 5.73 Å². The van der Waals surface area contributed by atoms with Gasteiger partial charge in [0.15, 0.2) is 0 Å². The monoisotopic (exact) mass is 318 g/mol. The third-order valence-corrected chi connectivity index (χ3v) is 6.59. The Morgan fingerprint density at radius 3 is 2.65 bits per heavy atom. The lowest BCUT2D eigenvalue weighted by atomic mass is 10.2. The van der Waals surface area contributed by atoms with E-state index in [1.165, 1.54) is 16.4 Å². The molecule has 0 aliphatic carbocycles. The van der Waals surface area contributed by atoms with Crippen LogP contribution in [0.1, 0.15) is 19.4 Å². The molecule has 0 spiro atoms. The highest BCUT2D eigenvalue weighted by atomic mass is 32.2. The van der Waals surface area contributed by atoms with Crippen LogP contribution in [0.15, 0.2) is 17.0 Å². The minimum atomic E-state index is -3.63. The Hall–Kier alpha value is -0.790. The van der Waals surface area contributed by atoms with Gasteiger partial charge in [-0.15, -0.1) is 0 Å². The molecule has 2 N–H and O–H groups in total. The first kappa shape index (κ1) is 15.6. The molecular weight excluding hydrogens is 299 g/mol. The molecule has 7 heteroatoms. The van der Waals surface area contributed by atoms with E-state index in [9.17, 15) is 12.8 Å². The first-order valence-corrected chi connectivity index (χ1v) is 8.76. The molecule has 1 aliphatic rings. The van der Waals surface area contributed by atoms with Gasteiger partial charge in [0.25, 0.3) is 0 Å². The van der Waals surface area contributed by atoms with Gasteiger partial charge in [0.05, 0.1) is 10.6 Å². The van der Waals surface area contributed by atoms with E-state index in [1.54, 1.807) is 18.7 Å². The Morgan fingerprint density at radius 2 is 2.05 bits per heavy atom. The van der Waals surface area contributed by atoms with Gasteiger partial charge in [0.2, 0.25) is 10.0 Å². The van der Waals surface area contributed by atoms with Gasteiger partial charge in [0.1, 0.15) is 5.82 Å².